The molecule has 1 aromatic carbocycles. The molecule has 0 amide bonds. The summed E-state index contributed by atoms with van der Waals surface area (Å²) in [5.41, 5.74) is 5.38. The minimum Gasteiger partial charge on any atom is -0.370 e. The maximum Gasteiger partial charge on any atom is 0.162 e. The molecule has 3 aromatic heterocycles. The molecule has 1 aliphatic rings. The molecule has 4 aromatic rings. The number of hydrogen-bond acceptors (Lipinski definition) is 6. The summed E-state index contributed by atoms with van der Waals surface area (Å²) in [6.07, 6.45) is 7.07. The summed E-state index contributed by atoms with van der Waals surface area (Å²) in [5.74, 6) is 2.54. The van der Waals surface area contributed by atoms with Crippen LogP contribution in [0.25, 0.3) is 16.9 Å². The number of rotatable bonds is 8. The SMILES string of the molecule is CCc1cnn2c(NCc3ccc(-c4ccccn4)cc3)cc(NCC3CCNCC3)nc12. The minimum atomic E-state index is 0.689. The highest BCUT2D eigenvalue weighted by molar-refractivity contribution is 5.61. The van der Waals surface area contributed by atoms with Crippen molar-refractivity contribution in [2.75, 3.05) is 30.3 Å². The molecule has 0 bridgehead atoms. The van der Waals surface area contributed by atoms with Gasteiger partial charge in [-0.2, -0.15) is 9.61 Å². The van der Waals surface area contributed by atoms with Crippen molar-refractivity contribution in [1.29, 1.82) is 0 Å². The number of fused-ring (bicyclic) bond motifs is 1. The third-order valence-electron chi connectivity index (χ3n) is 6.34. The van der Waals surface area contributed by atoms with Crippen molar-refractivity contribution >= 4 is 17.3 Å². The van der Waals surface area contributed by atoms with Crippen molar-refractivity contribution < 1.29 is 0 Å². The van der Waals surface area contributed by atoms with E-state index in [0.717, 1.165) is 60.2 Å². The van der Waals surface area contributed by atoms with Gasteiger partial charge in [0, 0.05) is 36.5 Å². The zero-order valence-electron chi connectivity index (χ0n) is 19.1. The quantitative estimate of drug-likeness (QED) is 0.377. The second-order valence-electron chi connectivity index (χ2n) is 8.63. The first-order chi connectivity index (χ1) is 16.3. The number of piperidine rings is 1. The summed E-state index contributed by atoms with van der Waals surface area (Å²) in [7, 11) is 0. The van der Waals surface area contributed by atoms with Gasteiger partial charge in [0.1, 0.15) is 11.6 Å². The predicted octanol–water partition coefficient (Wildman–Crippen LogP) is 4.38. The van der Waals surface area contributed by atoms with Gasteiger partial charge in [0.05, 0.1) is 11.9 Å². The van der Waals surface area contributed by atoms with Gasteiger partial charge in [-0.25, -0.2) is 4.98 Å². The average Bonchev–Trinajstić information content (AvgIpc) is 3.31. The van der Waals surface area contributed by atoms with E-state index in [9.17, 15) is 0 Å². The monoisotopic (exact) mass is 441 g/mol. The van der Waals surface area contributed by atoms with Gasteiger partial charge in [0.25, 0.3) is 0 Å². The molecule has 5 rings (SSSR count). The Kier molecular flexibility index (Phi) is 6.48. The third kappa shape index (κ3) is 4.98. The van der Waals surface area contributed by atoms with Crippen LogP contribution in [-0.4, -0.2) is 39.2 Å². The molecular formula is C26H31N7. The Bertz CT molecular complexity index is 1180. The van der Waals surface area contributed by atoms with E-state index in [4.69, 9.17) is 4.98 Å². The second kappa shape index (κ2) is 10.0. The lowest BCUT2D eigenvalue weighted by Gasteiger charge is -2.23. The van der Waals surface area contributed by atoms with Crippen LogP contribution >= 0.6 is 0 Å². The van der Waals surface area contributed by atoms with Gasteiger partial charge in [-0.05, 0) is 56.0 Å². The van der Waals surface area contributed by atoms with Crippen LogP contribution in [0.1, 0.15) is 30.9 Å². The Balaban J connectivity index is 1.32. The van der Waals surface area contributed by atoms with Crippen molar-refractivity contribution in [2.45, 2.75) is 32.7 Å². The number of benzene rings is 1. The molecule has 1 saturated heterocycles. The largest absolute Gasteiger partial charge is 0.370 e. The summed E-state index contributed by atoms with van der Waals surface area (Å²) in [4.78, 5) is 9.31. The standard InChI is InChI=1S/C26H31N7/c1-2-21-18-31-33-25(15-24(32-26(21)33)29-16-20-10-13-27-14-11-20)30-17-19-6-8-22(9-7-19)23-5-3-4-12-28-23/h3-9,12,15,18,20,27,30H,2,10-11,13-14,16-17H2,1H3,(H,29,32). The molecule has 0 saturated carbocycles. The topological polar surface area (TPSA) is 79.2 Å². The molecule has 7 nitrogen and oxygen atoms in total. The van der Waals surface area contributed by atoms with Crippen molar-refractivity contribution in [1.82, 2.24) is 24.9 Å². The zero-order chi connectivity index (χ0) is 22.5. The molecule has 0 radical (unpaired) electrons. The lowest BCUT2D eigenvalue weighted by molar-refractivity contribution is 0.389. The molecule has 0 atom stereocenters. The van der Waals surface area contributed by atoms with E-state index in [1.54, 1.807) is 0 Å². The maximum absolute atomic E-state index is 4.88. The number of nitrogens with one attached hydrogen (secondary N) is 3. The van der Waals surface area contributed by atoms with Crippen LogP contribution in [0, 0.1) is 5.92 Å². The summed E-state index contributed by atoms with van der Waals surface area (Å²) < 4.78 is 1.91. The van der Waals surface area contributed by atoms with Crippen molar-refractivity contribution in [2.24, 2.45) is 5.92 Å². The second-order valence-corrected chi connectivity index (χ2v) is 8.63. The van der Waals surface area contributed by atoms with Gasteiger partial charge in [-0.3, -0.25) is 4.98 Å². The molecule has 7 heteroatoms. The average molecular weight is 442 g/mol. The van der Waals surface area contributed by atoms with Crippen LogP contribution < -0.4 is 16.0 Å². The summed E-state index contributed by atoms with van der Waals surface area (Å²) >= 11 is 0. The van der Waals surface area contributed by atoms with E-state index in [1.807, 2.05) is 35.1 Å². The Hall–Kier alpha value is -3.45. The van der Waals surface area contributed by atoms with Gasteiger partial charge in [0.2, 0.25) is 0 Å². The van der Waals surface area contributed by atoms with E-state index in [-0.39, 0.29) is 0 Å². The molecule has 0 aliphatic carbocycles. The number of hydrogen-bond donors (Lipinski definition) is 3. The number of aryl methyl sites for hydroxylation is 1. The summed E-state index contributed by atoms with van der Waals surface area (Å²) in [5, 5.41) is 15.2. The molecule has 3 N–H and O–H groups in total. The molecule has 170 valence electrons. The normalized spacial score (nSPS) is 14.5. The van der Waals surface area contributed by atoms with Crippen LogP contribution in [-0.2, 0) is 13.0 Å². The van der Waals surface area contributed by atoms with E-state index < -0.39 is 0 Å². The lowest BCUT2D eigenvalue weighted by Crippen LogP contribution is -2.31. The van der Waals surface area contributed by atoms with E-state index in [1.165, 1.54) is 18.4 Å². The van der Waals surface area contributed by atoms with Gasteiger partial charge in [-0.15, -0.1) is 0 Å². The fourth-order valence-corrected chi connectivity index (χ4v) is 4.33. The Labute approximate surface area is 194 Å². The molecule has 1 fully saturated rings. The van der Waals surface area contributed by atoms with Crippen LogP contribution in [0.3, 0.4) is 0 Å². The Morgan fingerprint density at radius 3 is 2.67 bits per heavy atom. The molecular weight excluding hydrogens is 410 g/mol. The Morgan fingerprint density at radius 2 is 1.91 bits per heavy atom. The smallest absolute Gasteiger partial charge is 0.162 e. The van der Waals surface area contributed by atoms with Crippen molar-refractivity contribution in [3.63, 3.8) is 0 Å². The number of anilines is 2. The van der Waals surface area contributed by atoms with E-state index in [0.29, 0.717) is 12.5 Å². The number of aromatic nitrogens is 4. The fourth-order valence-electron chi connectivity index (χ4n) is 4.33. The Morgan fingerprint density at radius 1 is 1.06 bits per heavy atom. The third-order valence-corrected chi connectivity index (χ3v) is 6.34. The first kappa shape index (κ1) is 21.4. The highest BCUT2D eigenvalue weighted by Gasteiger charge is 2.15. The van der Waals surface area contributed by atoms with Crippen molar-refractivity contribution in [3.8, 4) is 11.3 Å². The van der Waals surface area contributed by atoms with Crippen molar-refractivity contribution in [3.05, 3.63) is 72.1 Å². The fraction of sp³-hybridized carbons (Fsp3) is 0.346. The first-order valence-corrected chi connectivity index (χ1v) is 11.9. The molecule has 1 aliphatic heterocycles. The van der Waals surface area contributed by atoms with E-state index >= 15 is 0 Å². The van der Waals surface area contributed by atoms with Crippen LogP contribution in [0.4, 0.5) is 11.6 Å². The lowest BCUT2D eigenvalue weighted by atomic mass is 9.98. The molecule has 0 unspecified atom stereocenters. The number of pyridine rings is 1. The minimum absolute atomic E-state index is 0.689. The molecule has 4 heterocycles. The van der Waals surface area contributed by atoms with Gasteiger partial charge in [-0.1, -0.05) is 37.3 Å². The predicted molar refractivity (Wildman–Crippen MR) is 133 cm³/mol. The van der Waals surface area contributed by atoms with E-state index in [2.05, 4.69) is 63.3 Å². The summed E-state index contributed by atoms with van der Waals surface area (Å²) in [6.45, 7) is 6.01. The summed E-state index contributed by atoms with van der Waals surface area (Å²) in [6, 6.07) is 16.6. The van der Waals surface area contributed by atoms with Gasteiger partial charge < -0.3 is 16.0 Å². The van der Waals surface area contributed by atoms with Crippen LogP contribution in [0.5, 0.6) is 0 Å². The van der Waals surface area contributed by atoms with Crippen LogP contribution in [0.2, 0.25) is 0 Å². The molecule has 0 spiro atoms. The highest BCUT2D eigenvalue weighted by atomic mass is 15.3. The number of nitrogens with zero attached hydrogens (tertiary/aromatic N) is 4. The first-order valence-electron chi connectivity index (χ1n) is 11.9. The maximum atomic E-state index is 4.88. The molecule has 33 heavy (non-hydrogen) atoms. The van der Waals surface area contributed by atoms with Gasteiger partial charge >= 0.3 is 0 Å². The van der Waals surface area contributed by atoms with Crippen LogP contribution in [0.15, 0.2) is 60.9 Å². The highest BCUT2D eigenvalue weighted by Crippen LogP contribution is 2.22. The zero-order valence-corrected chi connectivity index (χ0v) is 19.1. The van der Waals surface area contributed by atoms with Gasteiger partial charge in [0.15, 0.2) is 5.65 Å².